The van der Waals surface area contributed by atoms with E-state index in [1.807, 2.05) is 0 Å². The molecule has 4 rings (SSSR count). The first-order chi connectivity index (χ1) is 23.0. The van der Waals surface area contributed by atoms with E-state index in [1.165, 1.54) is 0 Å². The third kappa shape index (κ3) is 8.79. The van der Waals surface area contributed by atoms with E-state index in [9.17, 15) is 21.8 Å². The fourth-order valence-electron chi connectivity index (χ4n) is 4.36. The third-order valence-electron chi connectivity index (χ3n) is 6.69. The molecular formula is C31H32F2N5O7PS2. The van der Waals surface area contributed by atoms with Crippen LogP contribution in [0.2, 0.25) is 0 Å². The second kappa shape index (κ2) is 16.2. The van der Waals surface area contributed by atoms with Gasteiger partial charge < -0.3 is 30.0 Å². The first-order valence-corrected chi connectivity index (χ1v) is 18.6. The number of hydrogen-bond donors (Lipinski definition) is 3. The van der Waals surface area contributed by atoms with Crippen molar-refractivity contribution in [3.63, 3.8) is 0 Å². The van der Waals surface area contributed by atoms with E-state index in [0.717, 1.165) is 47.7 Å². The van der Waals surface area contributed by atoms with Crippen molar-refractivity contribution in [3.8, 4) is 35.1 Å². The zero-order valence-corrected chi connectivity index (χ0v) is 28.2. The molecule has 4 aromatic rings. The molecule has 254 valence electrons. The van der Waals surface area contributed by atoms with Crippen LogP contribution in [0.3, 0.4) is 0 Å². The minimum atomic E-state index is -4.62. The van der Waals surface area contributed by atoms with E-state index < -0.39 is 35.5 Å². The lowest BCUT2D eigenvalue weighted by Crippen LogP contribution is -2.27. The summed E-state index contributed by atoms with van der Waals surface area (Å²) >= 11 is 0.954. The first kappa shape index (κ1) is 36.6. The average molecular weight is 720 g/mol. The summed E-state index contributed by atoms with van der Waals surface area (Å²) in [7, 11) is -9.02. The molecular weight excluding hydrogens is 687 g/mol. The molecule has 0 fully saturated rings. The highest BCUT2D eigenvalue weighted by Gasteiger charge is 2.34. The lowest BCUT2D eigenvalue weighted by Gasteiger charge is -2.21. The van der Waals surface area contributed by atoms with Gasteiger partial charge in [0.1, 0.15) is 45.8 Å². The van der Waals surface area contributed by atoms with Crippen molar-refractivity contribution < 1.29 is 40.3 Å². The number of nitrogens with two attached hydrogens (primary N) is 2. The summed E-state index contributed by atoms with van der Waals surface area (Å²) in [6.45, 7) is 3.23. The Morgan fingerprint density at radius 3 is 1.85 bits per heavy atom. The summed E-state index contributed by atoms with van der Waals surface area (Å²) in [5.74, 6) is -1.84. The monoisotopic (exact) mass is 719 g/mol. The van der Waals surface area contributed by atoms with E-state index in [4.69, 9.17) is 40.5 Å². The van der Waals surface area contributed by atoms with E-state index in [-0.39, 0.29) is 26.8 Å². The Bertz CT molecular complexity index is 1960. The largest absolute Gasteiger partial charge is 0.490 e. The molecule has 3 aromatic carbocycles. The summed E-state index contributed by atoms with van der Waals surface area (Å²) in [6.07, 6.45) is 0.508. The first-order valence-electron chi connectivity index (χ1n) is 14.6. The molecule has 0 radical (unpaired) electrons. The Hall–Kier alpha value is -4.28. The fourth-order valence-corrected chi connectivity index (χ4v) is 9.34. The average Bonchev–Trinajstić information content (AvgIpc) is 3.43. The van der Waals surface area contributed by atoms with Crippen LogP contribution >= 0.6 is 18.9 Å². The van der Waals surface area contributed by atoms with Crippen molar-refractivity contribution in [2.24, 2.45) is 11.5 Å². The number of nitrogens with zero attached hydrogens (tertiary/aromatic N) is 2. The molecule has 0 spiro atoms. The number of nitriles is 2. The lowest BCUT2D eigenvalue weighted by atomic mass is 10.1. The van der Waals surface area contributed by atoms with E-state index in [1.54, 1.807) is 31.2 Å². The van der Waals surface area contributed by atoms with Gasteiger partial charge >= 0.3 is 7.60 Å². The Kier molecular flexibility index (Phi) is 12.3. The number of halogens is 2. The van der Waals surface area contributed by atoms with Crippen LogP contribution in [-0.4, -0.2) is 41.0 Å². The zero-order chi connectivity index (χ0) is 34.9. The number of sulfonamides is 1. The van der Waals surface area contributed by atoms with Crippen LogP contribution in [-0.2, 0) is 21.0 Å². The van der Waals surface area contributed by atoms with Crippen LogP contribution < -0.4 is 34.7 Å². The van der Waals surface area contributed by atoms with E-state index in [0.29, 0.717) is 72.7 Å². The molecule has 12 nitrogen and oxygen atoms in total. The van der Waals surface area contributed by atoms with Crippen LogP contribution in [0.1, 0.15) is 36.5 Å². The fraction of sp³-hybridized carbons (Fsp3) is 0.290. The second-order valence-corrected chi connectivity index (χ2v) is 15.0. The molecule has 1 aromatic heterocycles. The van der Waals surface area contributed by atoms with Gasteiger partial charge in [0, 0.05) is 28.3 Å². The normalized spacial score (nSPS) is 11.6. The number of hydrogen-bond acceptors (Lipinski definition) is 12. The highest BCUT2D eigenvalue weighted by Crippen LogP contribution is 2.49. The molecule has 0 aliphatic carbocycles. The van der Waals surface area contributed by atoms with Crippen molar-refractivity contribution in [1.82, 2.24) is 4.72 Å². The Morgan fingerprint density at radius 2 is 1.40 bits per heavy atom. The van der Waals surface area contributed by atoms with Crippen molar-refractivity contribution >= 4 is 39.0 Å². The van der Waals surface area contributed by atoms with Gasteiger partial charge in [-0.2, -0.15) is 15.2 Å². The predicted octanol–water partition coefficient (Wildman–Crippen LogP) is 5.53. The standard InChI is InChI=1S/C31H32F2N5O7PS2/c1-2-24-25-15-28(42-11-3-9-34)29(43-12-4-10-35)16-30(25)47-31(24)48(40,41)38-19-46(39,44-22-7-5-20(17-36)26(32)13-22)45-23-8-6-21(18-37)27(33)14-23/h5-8,13-16,38H,2-4,9-12,19,34-35H2,1H3. The van der Waals surface area contributed by atoms with Crippen molar-refractivity contribution in [2.75, 3.05) is 32.6 Å². The number of nitrogens with one attached hydrogen (secondary N) is 1. The van der Waals surface area contributed by atoms with Gasteiger partial charge in [-0.25, -0.2) is 21.8 Å². The van der Waals surface area contributed by atoms with Crippen LogP contribution in [0, 0.1) is 34.3 Å². The number of aryl methyl sites for hydroxylation is 1. The molecule has 0 saturated carbocycles. The number of ether oxygens (including phenoxy) is 2. The molecule has 17 heteroatoms. The molecule has 0 amide bonds. The van der Waals surface area contributed by atoms with Crippen LogP contribution in [0.15, 0.2) is 52.7 Å². The van der Waals surface area contributed by atoms with Gasteiger partial charge in [-0.05, 0) is 68.2 Å². The summed E-state index contributed by atoms with van der Waals surface area (Å²) in [5.41, 5.74) is 11.0. The molecule has 48 heavy (non-hydrogen) atoms. The molecule has 1 heterocycles. The zero-order valence-electron chi connectivity index (χ0n) is 25.7. The highest BCUT2D eigenvalue weighted by molar-refractivity contribution is 7.92. The maximum Gasteiger partial charge on any atom is 0.445 e. The van der Waals surface area contributed by atoms with Gasteiger partial charge in [0.05, 0.1) is 24.3 Å². The molecule has 0 aliphatic heterocycles. The number of benzene rings is 3. The quantitative estimate of drug-likeness (QED) is 0.0916. The Morgan fingerprint density at radius 1 is 0.875 bits per heavy atom. The summed E-state index contributed by atoms with van der Waals surface area (Å²) in [5, 5.41) is 18.7. The Balaban J connectivity index is 1.70. The number of rotatable bonds is 17. The molecule has 0 aliphatic rings. The smallest absolute Gasteiger partial charge is 0.445 e. The van der Waals surface area contributed by atoms with Gasteiger partial charge in [-0.1, -0.05) is 6.92 Å². The van der Waals surface area contributed by atoms with Gasteiger partial charge in [0.25, 0.3) is 10.0 Å². The lowest BCUT2D eigenvalue weighted by molar-refractivity contribution is 0.266. The topological polar surface area (TPSA) is 200 Å². The summed E-state index contributed by atoms with van der Waals surface area (Å²) in [4.78, 5) is 0. The highest BCUT2D eigenvalue weighted by atomic mass is 32.2. The van der Waals surface area contributed by atoms with E-state index >= 15 is 0 Å². The number of thiophene rings is 1. The molecule has 5 N–H and O–H groups in total. The maximum absolute atomic E-state index is 14.3. The molecule has 0 saturated heterocycles. The van der Waals surface area contributed by atoms with Crippen LogP contribution in [0.25, 0.3) is 10.1 Å². The van der Waals surface area contributed by atoms with Crippen LogP contribution in [0.4, 0.5) is 8.78 Å². The molecule has 0 atom stereocenters. The van der Waals surface area contributed by atoms with E-state index in [2.05, 4.69) is 4.72 Å². The molecule has 0 unspecified atom stereocenters. The predicted molar refractivity (Wildman–Crippen MR) is 176 cm³/mol. The molecule has 0 bridgehead atoms. The van der Waals surface area contributed by atoms with Crippen molar-refractivity contribution in [1.29, 1.82) is 10.5 Å². The van der Waals surface area contributed by atoms with Gasteiger partial charge in [-0.15, -0.1) is 11.3 Å². The van der Waals surface area contributed by atoms with Gasteiger partial charge in [-0.3, -0.25) is 0 Å². The van der Waals surface area contributed by atoms with Gasteiger partial charge in [0.2, 0.25) is 0 Å². The van der Waals surface area contributed by atoms with Gasteiger partial charge in [0.15, 0.2) is 11.5 Å². The number of fused-ring (bicyclic) bond motifs is 1. The van der Waals surface area contributed by atoms with Crippen molar-refractivity contribution in [2.45, 2.75) is 30.4 Å². The third-order valence-corrected chi connectivity index (χ3v) is 11.6. The second-order valence-electron chi connectivity index (χ2n) is 10.1. The summed E-state index contributed by atoms with van der Waals surface area (Å²) < 4.78 is 95.8. The SMILES string of the molecule is CCc1c(S(=O)(=O)NCP(=O)(Oc2ccc(C#N)c(F)c2)Oc2ccc(C#N)c(F)c2)sc2cc(OCCCN)c(OCCCN)cc12. The van der Waals surface area contributed by atoms with Crippen LogP contribution in [0.5, 0.6) is 23.0 Å². The maximum atomic E-state index is 14.3. The minimum absolute atomic E-state index is 0.0765. The summed E-state index contributed by atoms with van der Waals surface area (Å²) in [6, 6.07) is 12.7. The Labute approximate surface area is 280 Å². The van der Waals surface area contributed by atoms with Crippen molar-refractivity contribution in [3.05, 3.63) is 76.9 Å². The minimum Gasteiger partial charge on any atom is -0.490 e.